The van der Waals surface area contributed by atoms with Gasteiger partial charge in [-0.1, -0.05) is 30.3 Å². The monoisotopic (exact) mass is 293 g/mol. The second-order valence-corrected chi connectivity index (χ2v) is 4.70. The molecule has 2 atom stereocenters. The number of carboxylic acids is 1. The van der Waals surface area contributed by atoms with Gasteiger partial charge in [-0.2, -0.15) is 0 Å². The number of benzene rings is 1. The summed E-state index contributed by atoms with van der Waals surface area (Å²) in [7, 11) is 0. The largest absolute Gasteiger partial charge is 0.480 e. The van der Waals surface area contributed by atoms with Gasteiger partial charge in [0.05, 0.1) is 12.5 Å². The number of carbonyl (C=O) groups is 3. The minimum Gasteiger partial charge on any atom is -0.480 e. The van der Waals surface area contributed by atoms with Crippen molar-refractivity contribution in [3.63, 3.8) is 0 Å². The first-order valence-electron chi connectivity index (χ1n) is 6.51. The van der Waals surface area contributed by atoms with Gasteiger partial charge in [-0.15, -0.1) is 0 Å². The number of amides is 2. The average molecular weight is 293 g/mol. The van der Waals surface area contributed by atoms with Gasteiger partial charge in [0.25, 0.3) is 0 Å². The van der Waals surface area contributed by atoms with E-state index in [0.29, 0.717) is 12.8 Å². The van der Waals surface area contributed by atoms with Gasteiger partial charge in [0.2, 0.25) is 11.8 Å². The van der Waals surface area contributed by atoms with E-state index in [1.807, 2.05) is 30.3 Å². The molecular weight excluding hydrogens is 274 g/mol. The quantitative estimate of drug-likeness (QED) is 0.507. The number of rotatable bonds is 8. The molecule has 21 heavy (non-hydrogen) atoms. The molecule has 0 aromatic heterocycles. The first-order valence-corrected chi connectivity index (χ1v) is 6.51. The van der Waals surface area contributed by atoms with E-state index in [-0.39, 0.29) is 0 Å². The molecule has 0 aliphatic rings. The Morgan fingerprint density at radius 2 is 1.81 bits per heavy atom. The van der Waals surface area contributed by atoms with Crippen molar-refractivity contribution in [2.75, 3.05) is 0 Å². The molecule has 114 valence electrons. The van der Waals surface area contributed by atoms with E-state index in [2.05, 4.69) is 5.32 Å². The maximum absolute atomic E-state index is 11.8. The fourth-order valence-corrected chi connectivity index (χ4v) is 1.78. The molecule has 0 heterocycles. The highest BCUT2D eigenvalue weighted by Crippen LogP contribution is 2.04. The van der Waals surface area contributed by atoms with E-state index in [1.54, 1.807) is 0 Å². The van der Waals surface area contributed by atoms with Crippen LogP contribution in [0.15, 0.2) is 30.3 Å². The Morgan fingerprint density at radius 3 is 2.33 bits per heavy atom. The third-order valence-corrected chi connectivity index (χ3v) is 2.94. The lowest BCUT2D eigenvalue weighted by atomic mass is 10.0. The van der Waals surface area contributed by atoms with Gasteiger partial charge in [0.1, 0.15) is 6.04 Å². The first kappa shape index (κ1) is 16.6. The van der Waals surface area contributed by atoms with Crippen molar-refractivity contribution in [2.24, 2.45) is 11.5 Å². The number of hydrogen-bond donors (Lipinski definition) is 4. The number of nitrogens with two attached hydrogens (primary N) is 2. The molecule has 2 unspecified atom stereocenters. The number of primary amides is 1. The van der Waals surface area contributed by atoms with Gasteiger partial charge < -0.3 is 21.9 Å². The number of hydrogen-bond acceptors (Lipinski definition) is 4. The molecule has 1 rings (SSSR count). The van der Waals surface area contributed by atoms with E-state index in [0.717, 1.165) is 5.56 Å². The van der Waals surface area contributed by atoms with Crippen molar-refractivity contribution in [1.82, 2.24) is 5.32 Å². The summed E-state index contributed by atoms with van der Waals surface area (Å²) in [6.07, 6.45) is 0.508. The van der Waals surface area contributed by atoms with Gasteiger partial charge >= 0.3 is 5.97 Å². The van der Waals surface area contributed by atoms with Gasteiger partial charge in [-0.25, -0.2) is 4.79 Å². The van der Waals surface area contributed by atoms with Crippen LogP contribution in [0.5, 0.6) is 0 Å². The number of nitrogens with one attached hydrogen (secondary N) is 1. The van der Waals surface area contributed by atoms with Gasteiger partial charge in [-0.05, 0) is 18.4 Å². The predicted molar refractivity (Wildman–Crippen MR) is 76.1 cm³/mol. The van der Waals surface area contributed by atoms with Crippen molar-refractivity contribution in [3.05, 3.63) is 35.9 Å². The second-order valence-electron chi connectivity index (χ2n) is 4.70. The third kappa shape index (κ3) is 6.05. The van der Waals surface area contributed by atoms with Gasteiger partial charge in [-0.3, -0.25) is 9.59 Å². The molecule has 7 nitrogen and oxygen atoms in total. The lowest BCUT2D eigenvalue weighted by Gasteiger charge is -2.16. The molecule has 0 saturated carbocycles. The Kier molecular flexibility index (Phi) is 6.35. The maximum atomic E-state index is 11.8. The summed E-state index contributed by atoms with van der Waals surface area (Å²) in [5, 5.41) is 11.1. The van der Waals surface area contributed by atoms with Crippen LogP contribution >= 0.6 is 0 Å². The minimum atomic E-state index is -1.35. The fraction of sp³-hybridized carbons (Fsp3) is 0.357. The Hall–Kier alpha value is -2.41. The van der Waals surface area contributed by atoms with Crippen molar-refractivity contribution in [3.8, 4) is 0 Å². The van der Waals surface area contributed by atoms with Crippen LogP contribution in [-0.2, 0) is 20.8 Å². The minimum absolute atomic E-state index is 0.374. The first-order chi connectivity index (χ1) is 9.90. The summed E-state index contributed by atoms with van der Waals surface area (Å²) in [4.78, 5) is 33.5. The topological polar surface area (TPSA) is 136 Å². The molecule has 2 amide bonds. The molecule has 0 fully saturated rings. The van der Waals surface area contributed by atoms with Crippen molar-refractivity contribution >= 4 is 17.8 Å². The number of aliphatic carboxylic acids is 1. The van der Waals surface area contributed by atoms with E-state index < -0.39 is 36.3 Å². The normalized spacial score (nSPS) is 13.2. The zero-order valence-electron chi connectivity index (χ0n) is 11.5. The highest BCUT2D eigenvalue weighted by atomic mass is 16.4. The Labute approximate surface area is 122 Å². The fourth-order valence-electron chi connectivity index (χ4n) is 1.78. The van der Waals surface area contributed by atoms with Crippen LogP contribution in [0.3, 0.4) is 0 Å². The van der Waals surface area contributed by atoms with Crippen molar-refractivity contribution in [1.29, 1.82) is 0 Å². The molecule has 0 bridgehead atoms. The van der Waals surface area contributed by atoms with Crippen LogP contribution in [0.1, 0.15) is 18.4 Å². The molecular formula is C14H19N3O4. The number of carboxylic acid groups (broad SMARTS) is 1. The molecule has 0 saturated heterocycles. The summed E-state index contributed by atoms with van der Waals surface area (Å²) in [5.74, 6) is -2.74. The molecule has 0 spiro atoms. The Balaban J connectivity index is 2.49. The van der Waals surface area contributed by atoms with Crippen LogP contribution in [-0.4, -0.2) is 35.0 Å². The number of carbonyl (C=O) groups excluding carboxylic acids is 2. The third-order valence-electron chi connectivity index (χ3n) is 2.94. The Bertz CT molecular complexity index is 504. The van der Waals surface area contributed by atoms with Gasteiger partial charge in [0, 0.05) is 0 Å². The highest BCUT2D eigenvalue weighted by molar-refractivity contribution is 5.89. The number of aryl methyl sites for hydroxylation is 1. The van der Waals surface area contributed by atoms with E-state index in [1.165, 1.54) is 0 Å². The van der Waals surface area contributed by atoms with E-state index >= 15 is 0 Å². The van der Waals surface area contributed by atoms with Crippen molar-refractivity contribution in [2.45, 2.75) is 31.3 Å². The molecule has 1 aromatic rings. The second kappa shape index (κ2) is 8.01. The van der Waals surface area contributed by atoms with E-state index in [9.17, 15) is 14.4 Å². The van der Waals surface area contributed by atoms with Crippen LogP contribution in [0.25, 0.3) is 0 Å². The molecule has 6 N–H and O–H groups in total. The molecule has 0 aliphatic carbocycles. The average Bonchev–Trinajstić information content (AvgIpc) is 2.44. The van der Waals surface area contributed by atoms with Crippen LogP contribution in [0, 0.1) is 0 Å². The summed E-state index contributed by atoms with van der Waals surface area (Å²) < 4.78 is 0. The summed E-state index contributed by atoms with van der Waals surface area (Å²) in [6, 6.07) is 7.29. The summed E-state index contributed by atoms with van der Waals surface area (Å²) in [6.45, 7) is 0. The Morgan fingerprint density at radius 1 is 1.19 bits per heavy atom. The van der Waals surface area contributed by atoms with Crippen LogP contribution < -0.4 is 16.8 Å². The molecule has 7 heteroatoms. The van der Waals surface area contributed by atoms with Crippen LogP contribution in [0.2, 0.25) is 0 Å². The zero-order chi connectivity index (χ0) is 15.8. The predicted octanol–water partition coefficient (Wildman–Crippen LogP) is -0.609. The zero-order valence-corrected chi connectivity index (χ0v) is 11.5. The van der Waals surface area contributed by atoms with Crippen molar-refractivity contribution < 1.29 is 19.5 Å². The molecule has 0 aliphatic heterocycles. The highest BCUT2D eigenvalue weighted by Gasteiger charge is 2.24. The lowest BCUT2D eigenvalue weighted by Crippen LogP contribution is -2.49. The summed E-state index contributed by atoms with van der Waals surface area (Å²) >= 11 is 0. The molecule has 0 radical (unpaired) electrons. The SMILES string of the molecule is NC(=O)CC(NC(=O)C(N)CCc1ccccc1)C(=O)O. The summed E-state index contributed by atoms with van der Waals surface area (Å²) in [5.41, 5.74) is 11.7. The smallest absolute Gasteiger partial charge is 0.326 e. The van der Waals surface area contributed by atoms with Gasteiger partial charge in [0.15, 0.2) is 0 Å². The lowest BCUT2D eigenvalue weighted by molar-refractivity contribution is -0.143. The van der Waals surface area contributed by atoms with E-state index in [4.69, 9.17) is 16.6 Å². The van der Waals surface area contributed by atoms with Crippen LogP contribution in [0.4, 0.5) is 0 Å². The molecule has 1 aromatic carbocycles. The standard InChI is InChI=1S/C14H19N3O4/c15-10(7-6-9-4-2-1-3-5-9)13(19)17-11(14(20)21)8-12(16)18/h1-5,10-11H,6-8,15H2,(H2,16,18)(H,17,19)(H,20,21). The maximum Gasteiger partial charge on any atom is 0.326 e.